The number of nitrogens with one attached hydrogen (secondary N) is 1. The van der Waals surface area contributed by atoms with Crippen LogP contribution in [0.25, 0.3) is 0 Å². The summed E-state index contributed by atoms with van der Waals surface area (Å²) < 4.78 is 0. The number of hydrogen-bond acceptors (Lipinski definition) is 1. The van der Waals surface area contributed by atoms with E-state index >= 15 is 0 Å². The molecule has 0 heterocycles. The molecular weight excluding hydrogens is 158 g/mol. The van der Waals surface area contributed by atoms with E-state index in [1.165, 1.54) is 44.9 Å². The van der Waals surface area contributed by atoms with E-state index in [0.717, 1.165) is 24.4 Å². The van der Waals surface area contributed by atoms with Crippen LogP contribution >= 0.6 is 0 Å². The molecule has 13 heavy (non-hydrogen) atoms. The van der Waals surface area contributed by atoms with Crippen molar-refractivity contribution in [2.24, 2.45) is 11.8 Å². The Morgan fingerprint density at radius 1 is 1.15 bits per heavy atom. The summed E-state index contributed by atoms with van der Waals surface area (Å²) in [6.45, 7) is 3.39. The van der Waals surface area contributed by atoms with Crippen LogP contribution in [-0.2, 0) is 0 Å². The third kappa shape index (κ3) is 3.68. The number of hydrogen-bond donors (Lipinski definition) is 1. The molecule has 1 unspecified atom stereocenters. The Kier molecular flexibility index (Phi) is 3.26. The molecule has 2 saturated carbocycles. The predicted molar refractivity (Wildman–Crippen MR) is 56.8 cm³/mol. The SMILES string of the molecule is CCNC(CCC1CC1)CC1CC1. The van der Waals surface area contributed by atoms with E-state index in [-0.39, 0.29) is 0 Å². The van der Waals surface area contributed by atoms with Gasteiger partial charge in [0.2, 0.25) is 0 Å². The summed E-state index contributed by atoms with van der Waals surface area (Å²) in [6.07, 6.45) is 10.4. The molecule has 1 N–H and O–H groups in total. The van der Waals surface area contributed by atoms with Gasteiger partial charge in [0.15, 0.2) is 0 Å². The Morgan fingerprint density at radius 2 is 1.85 bits per heavy atom. The quantitative estimate of drug-likeness (QED) is 0.636. The Balaban J connectivity index is 1.60. The number of rotatable bonds is 7. The molecule has 0 saturated heterocycles. The summed E-state index contributed by atoms with van der Waals surface area (Å²) in [5, 5.41) is 3.64. The fraction of sp³-hybridized carbons (Fsp3) is 1.00. The van der Waals surface area contributed by atoms with E-state index in [1.807, 2.05) is 0 Å². The molecule has 0 aromatic rings. The molecule has 2 aliphatic carbocycles. The van der Waals surface area contributed by atoms with E-state index in [2.05, 4.69) is 12.2 Å². The van der Waals surface area contributed by atoms with Gasteiger partial charge in [-0.15, -0.1) is 0 Å². The molecular formula is C12H23N. The normalized spacial score (nSPS) is 24.7. The largest absolute Gasteiger partial charge is 0.314 e. The van der Waals surface area contributed by atoms with Gasteiger partial charge in [0, 0.05) is 6.04 Å². The average Bonchev–Trinajstić information content (AvgIpc) is 2.97. The van der Waals surface area contributed by atoms with Crippen LogP contribution < -0.4 is 5.32 Å². The third-order valence-corrected chi connectivity index (χ3v) is 3.43. The van der Waals surface area contributed by atoms with Crippen LogP contribution in [0.1, 0.15) is 51.9 Å². The van der Waals surface area contributed by atoms with Crippen LogP contribution in [0.15, 0.2) is 0 Å². The van der Waals surface area contributed by atoms with Crippen LogP contribution in [0.4, 0.5) is 0 Å². The molecule has 0 aliphatic heterocycles. The maximum Gasteiger partial charge on any atom is 0.00696 e. The fourth-order valence-corrected chi connectivity index (χ4v) is 2.19. The third-order valence-electron chi connectivity index (χ3n) is 3.43. The zero-order chi connectivity index (χ0) is 9.10. The van der Waals surface area contributed by atoms with Gasteiger partial charge in [-0.3, -0.25) is 0 Å². The summed E-state index contributed by atoms with van der Waals surface area (Å²) in [5.74, 6) is 2.20. The van der Waals surface area contributed by atoms with Gasteiger partial charge >= 0.3 is 0 Å². The van der Waals surface area contributed by atoms with Crippen molar-refractivity contribution in [3.63, 3.8) is 0 Å². The van der Waals surface area contributed by atoms with Gasteiger partial charge in [-0.05, 0) is 37.6 Å². The van der Waals surface area contributed by atoms with E-state index in [0.29, 0.717) is 0 Å². The second-order valence-electron chi connectivity index (χ2n) is 4.95. The lowest BCUT2D eigenvalue weighted by Gasteiger charge is -2.17. The highest BCUT2D eigenvalue weighted by Gasteiger charge is 2.27. The van der Waals surface area contributed by atoms with Crippen molar-refractivity contribution in [2.75, 3.05) is 6.54 Å². The second-order valence-corrected chi connectivity index (χ2v) is 4.95. The van der Waals surface area contributed by atoms with Crippen molar-refractivity contribution in [1.82, 2.24) is 5.32 Å². The molecule has 1 nitrogen and oxygen atoms in total. The monoisotopic (exact) mass is 181 g/mol. The first-order valence-corrected chi connectivity index (χ1v) is 6.12. The molecule has 0 aromatic heterocycles. The van der Waals surface area contributed by atoms with Crippen LogP contribution in [0.5, 0.6) is 0 Å². The van der Waals surface area contributed by atoms with Gasteiger partial charge < -0.3 is 5.32 Å². The van der Waals surface area contributed by atoms with E-state index in [9.17, 15) is 0 Å². The minimum absolute atomic E-state index is 0.845. The van der Waals surface area contributed by atoms with E-state index in [4.69, 9.17) is 0 Å². The minimum Gasteiger partial charge on any atom is -0.314 e. The highest BCUT2D eigenvalue weighted by molar-refractivity contribution is 4.82. The van der Waals surface area contributed by atoms with Crippen molar-refractivity contribution >= 4 is 0 Å². The summed E-state index contributed by atoms with van der Waals surface area (Å²) in [4.78, 5) is 0. The molecule has 2 rings (SSSR count). The van der Waals surface area contributed by atoms with Gasteiger partial charge in [0.25, 0.3) is 0 Å². The summed E-state index contributed by atoms with van der Waals surface area (Å²) in [5.41, 5.74) is 0. The lowest BCUT2D eigenvalue weighted by molar-refractivity contribution is 0.421. The van der Waals surface area contributed by atoms with Crippen molar-refractivity contribution in [2.45, 2.75) is 57.9 Å². The Bertz CT molecular complexity index is 147. The Morgan fingerprint density at radius 3 is 2.38 bits per heavy atom. The van der Waals surface area contributed by atoms with Crippen molar-refractivity contribution in [1.29, 1.82) is 0 Å². The highest BCUT2D eigenvalue weighted by atomic mass is 14.9. The Labute approximate surface area is 82.3 Å². The van der Waals surface area contributed by atoms with Crippen LogP contribution in [0, 0.1) is 11.8 Å². The molecule has 0 radical (unpaired) electrons. The maximum atomic E-state index is 3.64. The molecule has 0 bridgehead atoms. The van der Waals surface area contributed by atoms with E-state index in [1.54, 1.807) is 0 Å². The zero-order valence-electron chi connectivity index (χ0n) is 8.89. The average molecular weight is 181 g/mol. The first-order chi connectivity index (χ1) is 6.38. The topological polar surface area (TPSA) is 12.0 Å². The molecule has 1 atom stereocenters. The molecule has 2 aliphatic rings. The molecule has 0 amide bonds. The molecule has 0 aromatic carbocycles. The van der Waals surface area contributed by atoms with Gasteiger partial charge in [-0.2, -0.15) is 0 Å². The maximum absolute atomic E-state index is 3.64. The van der Waals surface area contributed by atoms with Crippen LogP contribution in [-0.4, -0.2) is 12.6 Å². The van der Waals surface area contributed by atoms with Gasteiger partial charge in [0.05, 0.1) is 0 Å². The van der Waals surface area contributed by atoms with Crippen LogP contribution in [0.2, 0.25) is 0 Å². The summed E-state index contributed by atoms with van der Waals surface area (Å²) >= 11 is 0. The Hall–Kier alpha value is -0.0400. The molecule has 2 fully saturated rings. The lowest BCUT2D eigenvalue weighted by Crippen LogP contribution is -2.29. The van der Waals surface area contributed by atoms with Gasteiger partial charge in [0.1, 0.15) is 0 Å². The fourth-order valence-electron chi connectivity index (χ4n) is 2.19. The molecule has 76 valence electrons. The summed E-state index contributed by atoms with van der Waals surface area (Å²) in [6, 6.07) is 0.845. The molecule has 1 heteroatoms. The first-order valence-electron chi connectivity index (χ1n) is 6.12. The van der Waals surface area contributed by atoms with Crippen molar-refractivity contribution < 1.29 is 0 Å². The zero-order valence-corrected chi connectivity index (χ0v) is 8.89. The van der Waals surface area contributed by atoms with Gasteiger partial charge in [-0.1, -0.05) is 32.6 Å². The minimum atomic E-state index is 0.845. The van der Waals surface area contributed by atoms with Crippen molar-refractivity contribution in [3.05, 3.63) is 0 Å². The van der Waals surface area contributed by atoms with E-state index < -0.39 is 0 Å². The highest BCUT2D eigenvalue weighted by Crippen LogP contribution is 2.37. The molecule has 0 spiro atoms. The second kappa shape index (κ2) is 4.45. The predicted octanol–water partition coefficient (Wildman–Crippen LogP) is 2.95. The standard InChI is InChI=1S/C12H23N/c1-2-13-12(9-11-5-6-11)8-7-10-3-4-10/h10-13H,2-9H2,1H3. The summed E-state index contributed by atoms with van der Waals surface area (Å²) in [7, 11) is 0. The van der Waals surface area contributed by atoms with Gasteiger partial charge in [-0.25, -0.2) is 0 Å². The van der Waals surface area contributed by atoms with Crippen LogP contribution in [0.3, 0.4) is 0 Å². The lowest BCUT2D eigenvalue weighted by atomic mass is 10.0. The van der Waals surface area contributed by atoms with Crippen molar-refractivity contribution in [3.8, 4) is 0 Å². The first kappa shape index (κ1) is 9.51. The smallest absolute Gasteiger partial charge is 0.00696 e.